The van der Waals surface area contributed by atoms with Gasteiger partial charge in [0, 0.05) is 0 Å². The Morgan fingerprint density at radius 1 is 1.35 bits per heavy atom. The first-order valence-electron chi connectivity index (χ1n) is 6.51. The third-order valence-corrected chi connectivity index (χ3v) is 4.10. The van der Waals surface area contributed by atoms with Crippen molar-refractivity contribution in [2.45, 2.75) is 30.8 Å². The smallest absolute Gasteiger partial charge is 0.320 e. The number of primary amides is 1. The molecule has 1 aromatic rings. The van der Waals surface area contributed by atoms with Crippen LogP contribution in [0.2, 0.25) is 0 Å². The molecule has 1 aromatic carbocycles. The van der Waals surface area contributed by atoms with Crippen LogP contribution in [0.25, 0.3) is 0 Å². The minimum absolute atomic E-state index is 0.0600. The van der Waals surface area contributed by atoms with Gasteiger partial charge in [0.25, 0.3) is 0 Å². The molecule has 1 aliphatic rings. The Hall–Kier alpha value is -1.92. The van der Waals surface area contributed by atoms with Crippen molar-refractivity contribution in [2.75, 3.05) is 0 Å². The molecule has 0 saturated heterocycles. The number of carbonyl (C=O) groups is 2. The largest absolute Gasteiger partial charge is 0.480 e. The molecule has 20 heavy (non-hydrogen) atoms. The predicted octanol–water partition coefficient (Wildman–Crippen LogP) is -0.310. The molecule has 0 aromatic heterocycles. The van der Waals surface area contributed by atoms with E-state index in [9.17, 15) is 9.59 Å². The molecule has 0 aliphatic heterocycles. The van der Waals surface area contributed by atoms with Crippen molar-refractivity contribution in [2.24, 2.45) is 23.1 Å². The molecular formula is C14H19N3O3. The summed E-state index contributed by atoms with van der Waals surface area (Å²) >= 11 is 0. The van der Waals surface area contributed by atoms with Gasteiger partial charge in [0.2, 0.25) is 5.91 Å². The number of fused-ring (bicyclic) bond motifs is 1. The van der Waals surface area contributed by atoms with E-state index in [0.717, 1.165) is 17.5 Å². The molecule has 0 spiro atoms. The van der Waals surface area contributed by atoms with Gasteiger partial charge in [-0.3, -0.25) is 9.59 Å². The average Bonchev–Trinajstić information content (AvgIpc) is 2.74. The lowest BCUT2D eigenvalue weighted by Crippen LogP contribution is -2.51. The number of hydrogen-bond donors (Lipinski definition) is 4. The second kappa shape index (κ2) is 5.22. The SMILES string of the molecule is NC(=O)C(C[C@H](N)C(=O)O)C1(N)CCc2ccccc21. The zero-order chi connectivity index (χ0) is 14.9. The number of benzene rings is 1. The first-order chi connectivity index (χ1) is 9.36. The number of hydrogen-bond acceptors (Lipinski definition) is 4. The van der Waals surface area contributed by atoms with Gasteiger partial charge in [-0.2, -0.15) is 0 Å². The first-order valence-corrected chi connectivity index (χ1v) is 6.51. The molecular weight excluding hydrogens is 258 g/mol. The van der Waals surface area contributed by atoms with Crippen molar-refractivity contribution < 1.29 is 14.7 Å². The maximum atomic E-state index is 11.8. The molecule has 0 bridgehead atoms. The van der Waals surface area contributed by atoms with E-state index < -0.39 is 29.4 Å². The molecule has 0 saturated carbocycles. The van der Waals surface area contributed by atoms with Crippen molar-refractivity contribution in [3.05, 3.63) is 35.4 Å². The third-order valence-electron chi connectivity index (χ3n) is 4.10. The maximum absolute atomic E-state index is 11.8. The fraction of sp³-hybridized carbons (Fsp3) is 0.429. The monoisotopic (exact) mass is 277 g/mol. The maximum Gasteiger partial charge on any atom is 0.320 e. The van der Waals surface area contributed by atoms with Gasteiger partial charge in [-0.15, -0.1) is 0 Å². The van der Waals surface area contributed by atoms with E-state index in [1.165, 1.54) is 0 Å². The zero-order valence-corrected chi connectivity index (χ0v) is 11.1. The highest BCUT2D eigenvalue weighted by atomic mass is 16.4. The van der Waals surface area contributed by atoms with Gasteiger partial charge in [0.1, 0.15) is 6.04 Å². The second-order valence-electron chi connectivity index (χ2n) is 5.33. The van der Waals surface area contributed by atoms with Crippen LogP contribution in [0.5, 0.6) is 0 Å². The lowest BCUT2D eigenvalue weighted by atomic mass is 9.76. The molecule has 6 nitrogen and oxygen atoms in total. The highest BCUT2D eigenvalue weighted by Gasteiger charge is 2.45. The van der Waals surface area contributed by atoms with E-state index in [2.05, 4.69) is 0 Å². The molecule has 1 aliphatic carbocycles. The van der Waals surface area contributed by atoms with Gasteiger partial charge >= 0.3 is 5.97 Å². The summed E-state index contributed by atoms with van der Waals surface area (Å²) in [6, 6.07) is 6.43. The van der Waals surface area contributed by atoms with Gasteiger partial charge in [0.05, 0.1) is 11.5 Å². The summed E-state index contributed by atoms with van der Waals surface area (Å²) in [6.07, 6.45) is 1.25. The van der Waals surface area contributed by atoms with E-state index in [1.54, 1.807) is 0 Å². The zero-order valence-electron chi connectivity index (χ0n) is 11.1. The summed E-state index contributed by atoms with van der Waals surface area (Å²) in [7, 11) is 0. The number of amides is 1. The Bertz CT molecular complexity index is 546. The van der Waals surface area contributed by atoms with Crippen LogP contribution in [0.1, 0.15) is 24.0 Å². The van der Waals surface area contributed by atoms with Crippen molar-refractivity contribution in [3.63, 3.8) is 0 Å². The first kappa shape index (κ1) is 14.5. The molecule has 6 heteroatoms. The Morgan fingerprint density at radius 3 is 2.60 bits per heavy atom. The van der Waals surface area contributed by atoms with Crippen molar-refractivity contribution >= 4 is 11.9 Å². The van der Waals surface area contributed by atoms with Crippen LogP contribution in [0.3, 0.4) is 0 Å². The lowest BCUT2D eigenvalue weighted by Gasteiger charge is -2.33. The van der Waals surface area contributed by atoms with E-state index in [-0.39, 0.29) is 6.42 Å². The molecule has 7 N–H and O–H groups in total. The Morgan fingerprint density at radius 2 is 2.00 bits per heavy atom. The van der Waals surface area contributed by atoms with Gasteiger partial charge in [-0.1, -0.05) is 24.3 Å². The fourth-order valence-electron chi connectivity index (χ4n) is 2.97. The number of aryl methyl sites for hydroxylation is 1. The number of carbonyl (C=O) groups excluding carboxylic acids is 1. The summed E-state index contributed by atoms with van der Waals surface area (Å²) in [5.41, 5.74) is 18.4. The molecule has 108 valence electrons. The normalized spacial score (nSPS) is 23.9. The minimum atomic E-state index is -1.16. The average molecular weight is 277 g/mol. The highest BCUT2D eigenvalue weighted by Crippen LogP contribution is 2.41. The van der Waals surface area contributed by atoms with Gasteiger partial charge in [-0.05, 0) is 30.4 Å². The summed E-state index contributed by atoms with van der Waals surface area (Å²) in [5, 5.41) is 8.92. The summed E-state index contributed by atoms with van der Waals surface area (Å²) < 4.78 is 0. The van der Waals surface area contributed by atoms with Gasteiger partial charge in [-0.25, -0.2) is 0 Å². The molecule has 0 heterocycles. The Balaban J connectivity index is 2.35. The standard InChI is InChI=1S/C14H19N3O3/c15-11(13(19)20)7-10(12(16)18)14(17)6-5-8-3-1-2-4-9(8)14/h1-4,10-11H,5-7,15,17H2,(H2,16,18)(H,19,20)/t10?,11-,14?/m0/s1. The van der Waals surface area contributed by atoms with E-state index in [1.807, 2.05) is 24.3 Å². The van der Waals surface area contributed by atoms with Crippen LogP contribution >= 0.6 is 0 Å². The number of nitrogens with two attached hydrogens (primary N) is 3. The molecule has 2 rings (SSSR count). The molecule has 2 unspecified atom stereocenters. The summed E-state index contributed by atoms with van der Waals surface area (Å²) in [4.78, 5) is 22.7. The van der Waals surface area contributed by atoms with Crippen LogP contribution in [-0.4, -0.2) is 23.0 Å². The molecule has 3 atom stereocenters. The van der Waals surface area contributed by atoms with Crippen LogP contribution in [0.15, 0.2) is 24.3 Å². The number of carboxylic acid groups (broad SMARTS) is 1. The van der Waals surface area contributed by atoms with Crippen LogP contribution in [0, 0.1) is 5.92 Å². The number of aliphatic carboxylic acids is 1. The fourth-order valence-corrected chi connectivity index (χ4v) is 2.97. The van der Waals surface area contributed by atoms with E-state index in [0.29, 0.717) is 6.42 Å². The van der Waals surface area contributed by atoms with Crippen LogP contribution < -0.4 is 17.2 Å². The molecule has 1 amide bonds. The molecule has 0 fully saturated rings. The van der Waals surface area contributed by atoms with E-state index >= 15 is 0 Å². The van der Waals surface area contributed by atoms with Crippen molar-refractivity contribution in [1.29, 1.82) is 0 Å². The van der Waals surface area contributed by atoms with Gasteiger partial charge < -0.3 is 22.3 Å². The van der Waals surface area contributed by atoms with Crippen molar-refractivity contribution in [3.8, 4) is 0 Å². The van der Waals surface area contributed by atoms with Gasteiger partial charge in [0.15, 0.2) is 0 Å². The Kier molecular flexibility index (Phi) is 3.78. The highest BCUT2D eigenvalue weighted by molar-refractivity contribution is 5.81. The number of rotatable bonds is 5. The Labute approximate surface area is 116 Å². The van der Waals surface area contributed by atoms with Crippen LogP contribution in [0.4, 0.5) is 0 Å². The summed E-state index contributed by atoms with van der Waals surface area (Å²) in [6.45, 7) is 0. The predicted molar refractivity (Wildman–Crippen MR) is 73.5 cm³/mol. The summed E-state index contributed by atoms with van der Waals surface area (Å²) in [5.74, 6) is -2.57. The van der Waals surface area contributed by atoms with Crippen molar-refractivity contribution in [1.82, 2.24) is 0 Å². The van der Waals surface area contributed by atoms with E-state index in [4.69, 9.17) is 22.3 Å². The lowest BCUT2D eigenvalue weighted by molar-refractivity contribution is -0.139. The minimum Gasteiger partial charge on any atom is -0.480 e. The van der Waals surface area contributed by atoms with Crippen LogP contribution in [-0.2, 0) is 21.5 Å². The third kappa shape index (κ3) is 2.39. The molecule has 0 radical (unpaired) electrons. The second-order valence-corrected chi connectivity index (χ2v) is 5.33. The number of carboxylic acids is 1. The topological polar surface area (TPSA) is 132 Å². The quantitative estimate of drug-likeness (QED) is 0.586.